The maximum atomic E-state index is 12.4. The van der Waals surface area contributed by atoms with Crippen LogP contribution in [0.15, 0.2) is 34.2 Å². The van der Waals surface area contributed by atoms with Gasteiger partial charge in [-0.15, -0.1) is 0 Å². The Bertz CT molecular complexity index is 711. The van der Waals surface area contributed by atoms with E-state index in [0.717, 1.165) is 10.7 Å². The van der Waals surface area contributed by atoms with E-state index in [9.17, 15) is 9.59 Å². The van der Waals surface area contributed by atoms with Crippen LogP contribution in [-0.2, 0) is 14.3 Å². The van der Waals surface area contributed by atoms with Gasteiger partial charge in [0.25, 0.3) is 5.91 Å². The largest absolute Gasteiger partial charge is 0.482 e. The standard InChI is InChI=1S/C19H24N2O4S/c1-5-20-19-21(6-2)18(23)16(26-19)11-14-7-9-15(10-8-14)24-12-17(22)25-13(3)4/h7-11,13H,5-6,12H2,1-4H3. The van der Waals surface area contributed by atoms with Crippen LogP contribution in [0.2, 0.25) is 0 Å². The number of likely N-dealkylation sites (N-methyl/N-ethyl adjacent to an activating group) is 1. The SMILES string of the molecule is CCN=C1SC(=Cc2ccc(OCC(=O)OC(C)C)cc2)C(=O)N1CC. The van der Waals surface area contributed by atoms with Crippen molar-refractivity contribution in [1.82, 2.24) is 4.90 Å². The summed E-state index contributed by atoms with van der Waals surface area (Å²) < 4.78 is 10.4. The average molecular weight is 376 g/mol. The van der Waals surface area contributed by atoms with Crippen molar-refractivity contribution in [1.29, 1.82) is 0 Å². The summed E-state index contributed by atoms with van der Waals surface area (Å²) in [5, 5.41) is 0.745. The molecule has 1 amide bonds. The number of rotatable bonds is 7. The number of carbonyl (C=O) groups is 2. The first-order valence-corrected chi connectivity index (χ1v) is 9.44. The van der Waals surface area contributed by atoms with Gasteiger partial charge < -0.3 is 9.47 Å². The first-order chi connectivity index (χ1) is 12.4. The Labute approximate surface area is 158 Å². The van der Waals surface area contributed by atoms with Crippen molar-refractivity contribution in [2.75, 3.05) is 19.7 Å². The van der Waals surface area contributed by atoms with Gasteiger partial charge in [0.2, 0.25) is 0 Å². The third-order valence-corrected chi connectivity index (χ3v) is 4.44. The van der Waals surface area contributed by atoms with E-state index in [2.05, 4.69) is 4.99 Å². The van der Waals surface area contributed by atoms with Gasteiger partial charge in [-0.25, -0.2) is 4.79 Å². The molecule has 0 aromatic heterocycles. The van der Waals surface area contributed by atoms with E-state index in [4.69, 9.17) is 9.47 Å². The number of amides is 1. The smallest absolute Gasteiger partial charge is 0.344 e. The highest BCUT2D eigenvalue weighted by molar-refractivity contribution is 8.18. The second kappa shape index (κ2) is 9.43. The third kappa shape index (κ3) is 5.36. The van der Waals surface area contributed by atoms with Gasteiger partial charge >= 0.3 is 5.97 Å². The number of thioether (sulfide) groups is 1. The molecule has 1 heterocycles. The summed E-state index contributed by atoms with van der Waals surface area (Å²) in [6.07, 6.45) is 1.68. The van der Waals surface area contributed by atoms with E-state index in [0.29, 0.717) is 23.7 Å². The zero-order chi connectivity index (χ0) is 19.1. The normalized spacial score (nSPS) is 17.4. The predicted molar refractivity (Wildman–Crippen MR) is 104 cm³/mol. The van der Waals surface area contributed by atoms with Crippen LogP contribution >= 0.6 is 11.8 Å². The summed E-state index contributed by atoms with van der Waals surface area (Å²) in [6.45, 7) is 8.57. The van der Waals surface area contributed by atoms with E-state index in [1.807, 2.05) is 32.1 Å². The Morgan fingerprint density at radius 2 is 1.96 bits per heavy atom. The number of hydrogen-bond donors (Lipinski definition) is 0. The topological polar surface area (TPSA) is 68.2 Å². The first-order valence-electron chi connectivity index (χ1n) is 8.62. The van der Waals surface area contributed by atoms with Crippen LogP contribution in [0.5, 0.6) is 5.75 Å². The number of benzene rings is 1. The Morgan fingerprint density at radius 3 is 2.54 bits per heavy atom. The van der Waals surface area contributed by atoms with Gasteiger partial charge in [0.15, 0.2) is 11.8 Å². The summed E-state index contributed by atoms with van der Waals surface area (Å²) in [6, 6.07) is 7.21. The van der Waals surface area contributed by atoms with Crippen LogP contribution in [0.1, 0.15) is 33.3 Å². The minimum atomic E-state index is -0.401. The molecular formula is C19H24N2O4S. The molecule has 1 aliphatic heterocycles. The lowest BCUT2D eigenvalue weighted by molar-refractivity contribution is -0.149. The van der Waals surface area contributed by atoms with E-state index in [1.54, 1.807) is 30.9 Å². The van der Waals surface area contributed by atoms with Crippen LogP contribution in [0.4, 0.5) is 0 Å². The lowest BCUT2D eigenvalue weighted by Gasteiger charge is -2.11. The molecule has 0 radical (unpaired) electrons. The van der Waals surface area contributed by atoms with Crippen molar-refractivity contribution in [2.24, 2.45) is 4.99 Å². The summed E-state index contributed by atoms with van der Waals surface area (Å²) in [4.78, 5) is 30.6. The molecule has 1 saturated heterocycles. The Morgan fingerprint density at radius 1 is 1.27 bits per heavy atom. The summed E-state index contributed by atoms with van der Waals surface area (Å²) in [5.74, 6) is 0.143. The third-order valence-electron chi connectivity index (χ3n) is 3.40. The summed E-state index contributed by atoms with van der Waals surface area (Å²) in [5.41, 5.74) is 0.881. The summed E-state index contributed by atoms with van der Waals surface area (Å²) in [7, 11) is 0. The minimum absolute atomic E-state index is 0.0264. The second-order valence-corrected chi connectivity index (χ2v) is 6.82. The maximum Gasteiger partial charge on any atom is 0.344 e. The van der Waals surface area contributed by atoms with Crippen molar-refractivity contribution in [3.8, 4) is 5.75 Å². The van der Waals surface area contributed by atoms with Crippen molar-refractivity contribution in [3.63, 3.8) is 0 Å². The van der Waals surface area contributed by atoms with Crippen LogP contribution < -0.4 is 4.74 Å². The lowest BCUT2D eigenvalue weighted by Crippen LogP contribution is -2.28. The van der Waals surface area contributed by atoms with Crippen LogP contribution in [-0.4, -0.2) is 47.7 Å². The predicted octanol–water partition coefficient (Wildman–Crippen LogP) is 3.33. The van der Waals surface area contributed by atoms with Gasteiger partial charge in [-0.2, -0.15) is 0 Å². The Kier molecular flexibility index (Phi) is 7.26. The molecule has 7 heteroatoms. The number of ether oxygens (including phenoxy) is 2. The fourth-order valence-corrected chi connectivity index (χ4v) is 3.40. The van der Waals surface area contributed by atoms with E-state index in [1.165, 1.54) is 11.8 Å². The molecule has 26 heavy (non-hydrogen) atoms. The molecular weight excluding hydrogens is 352 g/mol. The molecule has 0 unspecified atom stereocenters. The van der Waals surface area contributed by atoms with Crippen LogP contribution in [0.25, 0.3) is 6.08 Å². The zero-order valence-electron chi connectivity index (χ0n) is 15.5. The molecule has 0 spiro atoms. The molecule has 1 aliphatic rings. The molecule has 0 atom stereocenters. The van der Waals surface area contributed by atoms with E-state index < -0.39 is 5.97 Å². The number of esters is 1. The highest BCUT2D eigenvalue weighted by atomic mass is 32.2. The lowest BCUT2D eigenvalue weighted by atomic mass is 10.2. The molecule has 0 aliphatic carbocycles. The molecule has 140 valence electrons. The van der Waals surface area contributed by atoms with Gasteiger partial charge in [0, 0.05) is 13.1 Å². The summed E-state index contributed by atoms with van der Waals surface area (Å²) >= 11 is 1.39. The minimum Gasteiger partial charge on any atom is -0.482 e. The maximum absolute atomic E-state index is 12.4. The number of hydrogen-bond acceptors (Lipinski definition) is 6. The number of carbonyl (C=O) groups excluding carboxylic acids is 2. The van der Waals surface area contributed by atoms with E-state index in [-0.39, 0.29) is 18.6 Å². The molecule has 6 nitrogen and oxygen atoms in total. The molecule has 0 bridgehead atoms. The first kappa shape index (κ1) is 20.0. The molecule has 1 aromatic rings. The number of aliphatic imine (C=N–C) groups is 1. The second-order valence-electron chi connectivity index (χ2n) is 5.81. The zero-order valence-corrected chi connectivity index (χ0v) is 16.3. The van der Waals surface area contributed by atoms with Gasteiger partial charge in [-0.1, -0.05) is 12.1 Å². The quantitative estimate of drug-likeness (QED) is 0.539. The monoisotopic (exact) mass is 376 g/mol. The Hall–Kier alpha value is -2.28. The van der Waals surface area contributed by atoms with Crippen LogP contribution in [0, 0.1) is 0 Å². The molecule has 0 N–H and O–H groups in total. The van der Waals surface area contributed by atoms with Crippen molar-refractivity contribution < 1.29 is 19.1 Å². The van der Waals surface area contributed by atoms with Crippen molar-refractivity contribution in [3.05, 3.63) is 34.7 Å². The molecule has 1 aromatic carbocycles. The van der Waals surface area contributed by atoms with Crippen molar-refractivity contribution >= 4 is 34.9 Å². The molecule has 2 rings (SSSR count). The highest BCUT2D eigenvalue weighted by Gasteiger charge is 2.31. The number of nitrogens with zero attached hydrogens (tertiary/aromatic N) is 2. The van der Waals surface area contributed by atoms with Gasteiger partial charge in [0.1, 0.15) is 5.75 Å². The Balaban J connectivity index is 2.02. The van der Waals surface area contributed by atoms with Gasteiger partial charge in [0.05, 0.1) is 11.0 Å². The fraction of sp³-hybridized carbons (Fsp3) is 0.421. The van der Waals surface area contributed by atoms with Gasteiger partial charge in [-0.3, -0.25) is 14.7 Å². The van der Waals surface area contributed by atoms with E-state index >= 15 is 0 Å². The van der Waals surface area contributed by atoms with Gasteiger partial charge in [-0.05, 0) is 63.2 Å². The molecule has 1 fully saturated rings. The highest BCUT2D eigenvalue weighted by Crippen LogP contribution is 2.32. The fourth-order valence-electron chi connectivity index (χ4n) is 2.29. The van der Waals surface area contributed by atoms with Crippen LogP contribution in [0.3, 0.4) is 0 Å². The number of amidine groups is 1. The molecule has 0 saturated carbocycles. The van der Waals surface area contributed by atoms with Crippen molar-refractivity contribution in [2.45, 2.75) is 33.8 Å². The average Bonchev–Trinajstić information content (AvgIpc) is 2.89.